The Balaban J connectivity index is 2.85. The van der Waals surface area contributed by atoms with Crippen molar-refractivity contribution < 1.29 is 4.74 Å². The highest BCUT2D eigenvalue weighted by Gasteiger charge is 2.07. The molecule has 1 aromatic carbocycles. The van der Waals surface area contributed by atoms with Crippen LogP contribution in [0.2, 0.25) is 0 Å². The van der Waals surface area contributed by atoms with E-state index in [1.807, 2.05) is 12.1 Å². The molecule has 1 nitrogen and oxygen atoms in total. The largest absolute Gasteiger partial charge is 0.489 e. The molecule has 15 heavy (non-hydrogen) atoms. The van der Waals surface area contributed by atoms with Gasteiger partial charge in [0.1, 0.15) is 12.4 Å². The van der Waals surface area contributed by atoms with Gasteiger partial charge in [0.15, 0.2) is 0 Å². The quantitative estimate of drug-likeness (QED) is 0.780. The van der Waals surface area contributed by atoms with Crippen molar-refractivity contribution in [3.05, 3.63) is 39.8 Å². The number of halogens is 2. The maximum Gasteiger partial charge on any atom is 0.123 e. The molecule has 0 radical (unpaired) electrons. The van der Waals surface area contributed by atoms with Crippen LogP contribution in [0.15, 0.2) is 34.3 Å². The highest BCUT2D eigenvalue weighted by molar-refractivity contribution is 9.10. The normalized spacial score (nSPS) is 11.3. The van der Waals surface area contributed by atoms with Crippen molar-refractivity contribution in [2.75, 3.05) is 6.61 Å². The molecule has 3 heteroatoms. The van der Waals surface area contributed by atoms with E-state index in [0.717, 1.165) is 10.2 Å². The van der Waals surface area contributed by atoms with Gasteiger partial charge >= 0.3 is 0 Å². The molecule has 0 aliphatic heterocycles. The van der Waals surface area contributed by atoms with Crippen molar-refractivity contribution in [3.8, 4) is 5.75 Å². The van der Waals surface area contributed by atoms with Gasteiger partial charge in [-0.1, -0.05) is 41.4 Å². The topological polar surface area (TPSA) is 9.23 Å². The number of hydrogen-bond donors (Lipinski definition) is 0. The van der Waals surface area contributed by atoms with Crippen LogP contribution in [0.4, 0.5) is 0 Å². The minimum absolute atomic E-state index is 0.442. The highest BCUT2D eigenvalue weighted by Crippen LogP contribution is 2.29. The molecule has 0 N–H and O–H groups in total. The fourth-order valence-electron chi connectivity index (χ4n) is 1.28. The lowest BCUT2D eigenvalue weighted by molar-refractivity contribution is 0.357. The van der Waals surface area contributed by atoms with Gasteiger partial charge < -0.3 is 4.74 Å². The third-order valence-corrected chi connectivity index (χ3v) is 2.69. The molecule has 0 heterocycles. The molecule has 0 amide bonds. The first-order chi connectivity index (χ1) is 7.15. The van der Waals surface area contributed by atoms with Crippen molar-refractivity contribution in [3.63, 3.8) is 0 Å². The van der Waals surface area contributed by atoms with Gasteiger partial charge in [-0.15, -0.1) is 0 Å². The number of hydrogen-bond acceptors (Lipinski definition) is 1. The second kappa shape index (κ2) is 6.19. The summed E-state index contributed by atoms with van der Waals surface area (Å²) < 4.78 is 6.68. The van der Waals surface area contributed by atoms with Gasteiger partial charge in [-0.05, 0) is 35.8 Å². The van der Waals surface area contributed by atoms with Gasteiger partial charge in [0.25, 0.3) is 0 Å². The van der Waals surface area contributed by atoms with Crippen molar-refractivity contribution in [2.45, 2.75) is 19.8 Å². The first kappa shape index (κ1) is 12.6. The van der Waals surface area contributed by atoms with Crippen molar-refractivity contribution in [2.24, 2.45) is 0 Å². The van der Waals surface area contributed by atoms with Crippen molar-refractivity contribution >= 4 is 27.5 Å². The van der Waals surface area contributed by atoms with E-state index >= 15 is 0 Å². The predicted octanol–water partition coefficient (Wildman–Crippen LogP) is 4.70. The minimum atomic E-state index is 0.442. The van der Waals surface area contributed by atoms with E-state index in [-0.39, 0.29) is 0 Å². The van der Waals surface area contributed by atoms with Gasteiger partial charge in [-0.25, -0.2) is 0 Å². The van der Waals surface area contributed by atoms with E-state index in [0.29, 0.717) is 12.5 Å². The monoisotopic (exact) mass is 288 g/mol. The molecule has 0 atom stereocenters. The van der Waals surface area contributed by atoms with E-state index in [4.69, 9.17) is 16.3 Å². The van der Waals surface area contributed by atoms with Crippen LogP contribution in [0, 0.1) is 0 Å². The smallest absolute Gasteiger partial charge is 0.123 e. The molecular weight excluding hydrogens is 275 g/mol. The summed E-state index contributed by atoms with van der Waals surface area (Å²) in [5.41, 5.74) is 2.67. The second-order valence-corrected chi connectivity index (χ2v) is 4.68. The zero-order valence-corrected chi connectivity index (χ0v) is 11.2. The van der Waals surface area contributed by atoms with Crippen LogP contribution in [0.3, 0.4) is 0 Å². The van der Waals surface area contributed by atoms with Crippen molar-refractivity contribution in [1.82, 2.24) is 0 Å². The van der Waals surface area contributed by atoms with Gasteiger partial charge in [0.2, 0.25) is 0 Å². The van der Waals surface area contributed by atoms with Crippen LogP contribution in [-0.4, -0.2) is 6.61 Å². The third-order valence-electron chi connectivity index (χ3n) is 2.02. The molecule has 82 valence electrons. The molecule has 1 rings (SSSR count). The van der Waals surface area contributed by atoms with Crippen LogP contribution >= 0.6 is 27.5 Å². The molecule has 0 aliphatic rings. The third kappa shape index (κ3) is 3.88. The average molecular weight is 290 g/mol. The number of benzene rings is 1. The van der Waals surface area contributed by atoms with Gasteiger partial charge in [-0.2, -0.15) is 0 Å². The molecule has 0 unspecified atom stereocenters. The predicted molar refractivity (Wildman–Crippen MR) is 68.7 cm³/mol. The molecular formula is C12H14BrClO. The zero-order chi connectivity index (χ0) is 11.3. The van der Waals surface area contributed by atoms with Crippen LogP contribution in [0.25, 0.3) is 0 Å². The molecule has 0 saturated carbocycles. The summed E-state index contributed by atoms with van der Waals surface area (Å²) in [6.45, 7) is 4.79. The Morgan fingerprint density at radius 3 is 2.80 bits per heavy atom. The Morgan fingerprint density at radius 1 is 1.47 bits per heavy atom. The summed E-state index contributed by atoms with van der Waals surface area (Å²) in [4.78, 5) is 0. The molecule has 0 saturated heterocycles. The molecule has 0 spiro atoms. The lowest BCUT2D eigenvalue weighted by Gasteiger charge is -2.13. The molecule has 0 aromatic heterocycles. The fourth-order valence-corrected chi connectivity index (χ4v) is 1.73. The Bertz CT molecular complexity index is 347. The molecule has 1 aromatic rings. The lowest BCUT2D eigenvalue weighted by atomic mass is 10.0. The van der Waals surface area contributed by atoms with E-state index in [2.05, 4.69) is 35.8 Å². The Morgan fingerprint density at radius 2 is 2.20 bits per heavy atom. The number of rotatable bonds is 4. The SMILES string of the molecule is CC(C)c1cc(Br)ccc1OC/C=C/Cl. The van der Waals surface area contributed by atoms with Crippen LogP contribution in [-0.2, 0) is 0 Å². The summed E-state index contributed by atoms with van der Waals surface area (Å²) in [6, 6.07) is 6.04. The van der Waals surface area contributed by atoms with E-state index in [1.54, 1.807) is 6.08 Å². The number of ether oxygens (including phenoxy) is 1. The van der Waals surface area contributed by atoms with Gasteiger partial charge in [0.05, 0.1) is 0 Å². The highest BCUT2D eigenvalue weighted by atomic mass is 79.9. The maximum absolute atomic E-state index is 5.60. The zero-order valence-electron chi connectivity index (χ0n) is 8.84. The Labute approximate surface area is 104 Å². The molecule has 0 aliphatic carbocycles. The van der Waals surface area contributed by atoms with E-state index in [9.17, 15) is 0 Å². The average Bonchev–Trinajstić information content (AvgIpc) is 2.20. The maximum atomic E-state index is 5.60. The summed E-state index contributed by atoms with van der Waals surface area (Å²) in [5, 5.41) is 0. The lowest BCUT2D eigenvalue weighted by Crippen LogP contribution is -1.98. The first-order valence-corrected chi connectivity index (χ1v) is 6.05. The summed E-state index contributed by atoms with van der Waals surface area (Å²) in [7, 11) is 0. The minimum Gasteiger partial charge on any atom is -0.489 e. The van der Waals surface area contributed by atoms with E-state index < -0.39 is 0 Å². The summed E-state index contributed by atoms with van der Waals surface area (Å²) >= 11 is 8.88. The van der Waals surface area contributed by atoms with Crippen LogP contribution in [0.5, 0.6) is 5.75 Å². The van der Waals surface area contributed by atoms with Gasteiger partial charge in [-0.3, -0.25) is 0 Å². The van der Waals surface area contributed by atoms with Crippen LogP contribution in [0.1, 0.15) is 25.3 Å². The van der Waals surface area contributed by atoms with Crippen molar-refractivity contribution in [1.29, 1.82) is 0 Å². The Kier molecular flexibility index (Phi) is 5.20. The summed E-state index contributed by atoms with van der Waals surface area (Å²) in [6.07, 6.45) is 1.77. The Hall–Kier alpha value is -0.470. The molecule has 0 bridgehead atoms. The fraction of sp³-hybridized carbons (Fsp3) is 0.333. The van der Waals surface area contributed by atoms with Gasteiger partial charge in [0, 0.05) is 10.0 Å². The summed E-state index contributed by atoms with van der Waals surface area (Å²) in [5.74, 6) is 1.36. The molecule has 0 fully saturated rings. The first-order valence-electron chi connectivity index (χ1n) is 4.82. The standard InChI is InChI=1S/C12H14BrClO/c1-9(2)11-8-10(13)4-5-12(11)15-7-3-6-14/h3-6,8-9H,7H2,1-2H3/b6-3+. The van der Waals surface area contributed by atoms with Crippen LogP contribution < -0.4 is 4.74 Å². The van der Waals surface area contributed by atoms with E-state index in [1.165, 1.54) is 11.1 Å². The second-order valence-electron chi connectivity index (χ2n) is 3.51.